The Labute approximate surface area is 163 Å². The van der Waals surface area contributed by atoms with Gasteiger partial charge in [0.05, 0.1) is 7.11 Å². The van der Waals surface area contributed by atoms with Gasteiger partial charge in [-0.3, -0.25) is 4.90 Å². The van der Waals surface area contributed by atoms with Gasteiger partial charge in [-0.05, 0) is 18.2 Å². The molecule has 2 aromatic carbocycles. The fourth-order valence-corrected chi connectivity index (χ4v) is 2.90. The molecular weight excluding hydrogens is 364 g/mol. The number of phenolic OH excluding ortho intramolecular Hbond substituents is 1. The molecule has 1 fully saturated rings. The number of nitrogens with zero attached hydrogens (tertiary/aromatic N) is 2. The Balaban J connectivity index is 0.000000409. The first kappa shape index (κ1) is 21.0. The lowest BCUT2D eigenvalue weighted by molar-refractivity contribution is -0.159. The van der Waals surface area contributed by atoms with Crippen LogP contribution in [-0.2, 0) is 16.1 Å². The smallest absolute Gasteiger partial charge is 0.414 e. The van der Waals surface area contributed by atoms with Crippen LogP contribution in [0.5, 0.6) is 11.5 Å². The second-order valence-electron chi connectivity index (χ2n) is 6.18. The number of carboxylic acid groups (broad SMARTS) is 2. The maximum Gasteiger partial charge on any atom is 0.414 e. The highest BCUT2D eigenvalue weighted by Gasteiger charge is 2.18. The molecule has 0 unspecified atom stereocenters. The number of ether oxygens (including phenoxy) is 1. The van der Waals surface area contributed by atoms with Gasteiger partial charge in [0.1, 0.15) is 0 Å². The van der Waals surface area contributed by atoms with Crippen molar-refractivity contribution >= 4 is 17.6 Å². The van der Waals surface area contributed by atoms with Crippen LogP contribution in [0.15, 0.2) is 48.5 Å². The summed E-state index contributed by atoms with van der Waals surface area (Å²) in [5.41, 5.74) is 2.21. The quantitative estimate of drug-likeness (QED) is 0.681. The van der Waals surface area contributed by atoms with Gasteiger partial charge < -0.3 is 25.0 Å². The van der Waals surface area contributed by atoms with E-state index < -0.39 is 11.9 Å². The number of methoxy groups -OCH3 is 1. The van der Waals surface area contributed by atoms with Gasteiger partial charge in [-0.15, -0.1) is 0 Å². The van der Waals surface area contributed by atoms with E-state index in [1.165, 1.54) is 5.69 Å². The van der Waals surface area contributed by atoms with Crippen LogP contribution in [-0.4, -0.2) is 65.4 Å². The molecule has 1 heterocycles. The molecule has 1 aliphatic rings. The van der Waals surface area contributed by atoms with Crippen molar-refractivity contribution < 1.29 is 29.6 Å². The molecule has 0 saturated carbocycles. The van der Waals surface area contributed by atoms with Gasteiger partial charge in [-0.2, -0.15) is 0 Å². The zero-order valence-corrected chi connectivity index (χ0v) is 15.6. The number of phenols is 1. The van der Waals surface area contributed by atoms with Crippen LogP contribution in [0.4, 0.5) is 5.69 Å². The van der Waals surface area contributed by atoms with Crippen molar-refractivity contribution in [2.45, 2.75) is 6.54 Å². The fraction of sp³-hybridized carbons (Fsp3) is 0.300. The molecule has 3 N–H and O–H groups in total. The highest BCUT2D eigenvalue weighted by Crippen LogP contribution is 2.30. The van der Waals surface area contributed by atoms with Gasteiger partial charge in [-0.1, -0.05) is 30.3 Å². The molecule has 150 valence electrons. The number of carboxylic acids is 2. The second-order valence-corrected chi connectivity index (χ2v) is 6.18. The van der Waals surface area contributed by atoms with E-state index in [-0.39, 0.29) is 5.75 Å². The number of para-hydroxylation sites is 2. The Hall–Kier alpha value is -3.26. The maximum absolute atomic E-state index is 10.2. The summed E-state index contributed by atoms with van der Waals surface area (Å²) in [4.78, 5) is 23.0. The SMILES string of the molecule is COc1cccc(CN2CCN(c3ccccc3)CC2)c1O.O=C(O)C(=O)O. The number of anilines is 1. The highest BCUT2D eigenvalue weighted by molar-refractivity contribution is 6.27. The van der Waals surface area contributed by atoms with Crippen LogP contribution >= 0.6 is 0 Å². The number of hydrogen-bond acceptors (Lipinski definition) is 6. The third-order valence-corrected chi connectivity index (χ3v) is 4.37. The molecule has 0 atom stereocenters. The van der Waals surface area contributed by atoms with E-state index in [4.69, 9.17) is 24.5 Å². The zero-order chi connectivity index (χ0) is 20.5. The van der Waals surface area contributed by atoms with E-state index in [0.29, 0.717) is 5.75 Å². The topological polar surface area (TPSA) is 111 Å². The molecule has 8 heteroatoms. The fourth-order valence-electron chi connectivity index (χ4n) is 2.90. The molecule has 0 spiro atoms. The van der Waals surface area contributed by atoms with Crippen LogP contribution in [0, 0.1) is 0 Å². The average molecular weight is 388 g/mol. The molecule has 0 aliphatic carbocycles. The van der Waals surface area contributed by atoms with Gasteiger partial charge in [0.15, 0.2) is 11.5 Å². The first-order valence-electron chi connectivity index (χ1n) is 8.75. The number of hydrogen-bond donors (Lipinski definition) is 3. The van der Waals surface area contributed by atoms with Crippen molar-refractivity contribution in [3.05, 3.63) is 54.1 Å². The number of aliphatic carboxylic acids is 2. The van der Waals surface area contributed by atoms with E-state index in [1.54, 1.807) is 13.2 Å². The molecule has 2 aromatic rings. The Bertz CT molecular complexity index is 777. The molecule has 1 aliphatic heterocycles. The first-order valence-corrected chi connectivity index (χ1v) is 8.75. The van der Waals surface area contributed by atoms with Crippen LogP contribution < -0.4 is 9.64 Å². The summed E-state index contributed by atoms with van der Waals surface area (Å²) in [6, 6.07) is 16.2. The van der Waals surface area contributed by atoms with Crippen molar-refractivity contribution in [3.63, 3.8) is 0 Å². The largest absolute Gasteiger partial charge is 0.504 e. The van der Waals surface area contributed by atoms with Crippen molar-refractivity contribution in [1.82, 2.24) is 4.90 Å². The molecular formula is C20H24N2O6. The summed E-state index contributed by atoms with van der Waals surface area (Å²) in [6.07, 6.45) is 0. The summed E-state index contributed by atoms with van der Waals surface area (Å²) in [5, 5.41) is 25.0. The van der Waals surface area contributed by atoms with E-state index >= 15 is 0 Å². The molecule has 1 saturated heterocycles. The lowest BCUT2D eigenvalue weighted by Crippen LogP contribution is -2.45. The van der Waals surface area contributed by atoms with Crippen molar-refractivity contribution in [1.29, 1.82) is 0 Å². The normalized spacial score (nSPS) is 14.0. The van der Waals surface area contributed by atoms with E-state index in [0.717, 1.165) is 38.3 Å². The van der Waals surface area contributed by atoms with Gasteiger partial charge in [0, 0.05) is 44.0 Å². The van der Waals surface area contributed by atoms with E-state index in [1.807, 2.05) is 18.2 Å². The Kier molecular flexibility index (Phi) is 7.65. The van der Waals surface area contributed by atoms with Crippen molar-refractivity contribution in [2.24, 2.45) is 0 Å². The van der Waals surface area contributed by atoms with Crippen molar-refractivity contribution in [2.75, 3.05) is 38.2 Å². The van der Waals surface area contributed by atoms with Gasteiger partial charge in [0.25, 0.3) is 0 Å². The molecule has 28 heavy (non-hydrogen) atoms. The summed E-state index contributed by atoms with van der Waals surface area (Å²) in [5.74, 6) is -2.85. The van der Waals surface area contributed by atoms with Gasteiger partial charge in [0.2, 0.25) is 0 Å². The lowest BCUT2D eigenvalue weighted by atomic mass is 10.1. The number of aromatic hydroxyl groups is 1. The van der Waals surface area contributed by atoms with E-state index in [2.05, 4.69) is 34.1 Å². The summed E-state index contributed by atoms with van der Waals surface area (Å²) >= 11 is 0. The maximum atomic E-state index is 10.2. The molecule has 3 rings (SSSR count). The third kappa shape index (κ3) is 5.88. The van der Waals surface area contributed by atoms with Gasteiger partial charge in [-0.25, -0.2) is 9.59 Å². The minimum atomic E-state index is -1.82. The zero-order valence-electron chi connectivity index (χ0n) is 15.6. The summed E-state index contributed by atoms with van der Waals surface area (Å²) in [6.45, 7) is 4.76. The molecule has 0 radical (unpaired) electrons. The second kappa shape index (κ2) is 10.2. The minimum absolute atomic E-state index is 0.260. The number of piperazine rings is 1. The van der Waals surface area contributed by atoms with Crippen molar-refractivity contribution in [3.8, 4) is 11.5 Å². The Morgan fingerprint density at radius 3 is 2.07 bits per heavy atom. The molecule has 0 bridgehead atoms. The minimum Gasteiger partial charge on any atom is -0.504 e. The Morgan fingerprint density at radius 1 is 0.929 bits per heavy atom. The number of carbonyl (C=O) groups is 2. The van der Waals surface area contributed by atoms with Crippen LogP contribution in [0.3, 0.4) is 0 Å². The molecule has 0 aromatic heterocycles. The standard InChI is InChI=1S/C18H22N2O2.C2H2O4/c1-22-17-9-5-6-15(18(17)21)14-19-10-12-20(13-11-19)16-7-3-2-4-8-16;3-1(4)2(5)6/h2-9,21H,10-14H2,1H3;(H,3,4)(H,5,6). The lowest BCUT2D eigenvalue weighted by Gasteiger charge is -2.36. The van der Waals surface area contributed by atoms with E-state index in [9.17, 15) is 5.11 Å². The molecule has 0 amide bonds. The summed E-state index contributed by atoms with van der Waals surface area (Å²) < 4.78 is 5.17. The third-order valence-electron chi connectivity index (χ3n) is 4.37. The van der Waals surface area contributed by atoms with Crippen LogP contribution in [0.1, 0.15) is 5.56 Å². The average Bonchev–Trinajstić information content (AvgIpc) is 2.71. The predicted molar refractivity (Wildman–Crippen MR) is 104 cm³/mol. The number of benzene rings is 2. The summed E-state index contributed by atoms with van der Waals surface area (Å²) in [7, 11) is 1.58. The van der Waals surface area contributed by atoms with Crippen LogP contribution in [0.25, 0.3) is 0 Å². The monoisotopic (exact) mass is 388 g/mol. The Morgan fingerprint density at radius 2 is 1.54 bits per heavy atom. The first-order chi connectivity index (χ1) is 13.4. The predicted octanol–water partition coefficient (Wildman–Crippen LogP) is 1.88. The number of rotatable bonds is 4. The molecule has 8 nitrogen and oxygen atoms in total. The van der Waals surface area contributed by atoms with Gasteiger partial charge >= 0.3 is 11.9 Å². The van der Waals surface area contributed by atoms with Crippen LogP contribution in [0.2, 0.25) is 0 Å². The highest BCUT2D eigenvalue weighted by atomic mass is 16.5.